The Hall–Kier alpha value is -2.95. The largest absolute Gasteiger partial charge is 0.339 e. The molecule has 3 aromatic rings. The molecule has 1 amide bonds. The van der Waals surface area contributed by atoms with Gasteiger partial charge in [0, 0.05) is 36.9 Å². The maximum absolute atomic E-state index is 13.4. The van der Waals surface area contributed by atoms with Crippen LogP contribution < -0.4 is 0 Å². The Bertz CT molecular complexity index is 1180. The molecule has 0 unspecified atom stereocenters. The molecule has 8 nitrogen and oxygen atoms in total. The Kier molecular flexibility index (Phi) is 4.77. The first-order valence-electron chi connectivity index (χ1n) is 8.88. The lowest BCUT2D eigenvalue weighted by Crippen LogP contribution is -2.38. The molecule has 29 heavy (non-hydrogen) atoms. The monoisotopic (exact) mass is 421 g/mol. The molecule has 4 rings (SSSR count). The minimum Gasteiger partial charge on any atom is -0.339 e. The van der Waals surface area contributed by atoms with Gasteiger partial charge in [-0.25, -0.2) is 22.2 Å². The van der Waals surface area contributed by atoms with E-state index in [2.05, 4.69) is 15.1 Å². The van der Waals surface area contributed by atoms with Gasteiger partial charge in [0.2, 0.25) is 0 Å². The summed E-state index contributed by atoms with van der Waals surface area (Å²) in [4.78, 5) is 22.2. The summed E-state index contributed by atoms with van der Waals surface area (Å²) >= 11 is 0. The van der Waals surface area contributed by atoms with Gasteiger partial charge in [-0.15, -0.1) is 0 Å². The van der Waals surface area contributed by atoms with Crippen LogP contribution in [0.25, 0.3) is 5.78 Å². The topological polar surface area (TPSA) is 97.5 Å². The van der Waals surface area contributed by atoms with Crippen LogP contribution >= 0.6 is 0 Å². The van der Waals surface area contributed by atoms with E-state index < -0.39 is 27.4 Å². The first-order chi connectivity index (χ1) is 13.7. The second kappa shape index (κ2) is 7.14. The molecule has 152 valence electrons. The average Bonchev–Trinajstić information content (AvgIpc) is 3.14. The summed E-state index contributed by atoms with van der Waals surface area (Å²) in [6, 6.07) is 2.71. The number of carbonyl (C=O) groups excluding carboxylic acids is 1. The van der Waals surface area contributed by atoms with Crippen molar-refractivity contribution in [3.63, 3.8) is 0 Å². The normalized spacial score (nSPS) is 15.8. The Morgan fingerprint density at radius 2 is 1.76 bits per heavy atom. The van der Waals surface area contributed by atoms with Gasteiger partial charge in [-0.2, -0.15) is 14.6 Å². The van der Waals surface area contributed by atoms with Crippen LogP contribution in [0.4, 0.5) is 8.78 Å². The lowest BCUT2D eigenvalue weighted by atomic mass is 9.92. The highest BCUT2D eigenvalue weighted by molar-refractivity contribution is 7.90. The van der Waals surface area contributed by atoms with Crippen molar-refractivity contribution in [2.75, 3.05) is 19.3 Å². The van der Waals surface area contributed by atoms with Crippen molar-refractivity contribution in [1.29, 1.82) is 0 Å². The van der Waals surface area contributed by atoms with Gasteiger partial charge in [-0.1, -0.05) is 0 Å². The van der Waals surface area contributed by atoms with E-state index in [4.69, 9.17) is 0 Å². The van der Waals surface area contributed by atoms with Gasteiger partial charge in [0.1, 0.15) is 22.9 Å². The van der Waals surface area contributed by atoms with E-state index in [0.29, 0.717) is 43.5 Å². The molecule has 0 bridgehead atoms. The second-order valence-corrected chi connectivity index (χ2v) is 8.96. The Balaban J connectivity index is 1.60. The lowest BCUT2D eigenvalue weighted by Gasteiger charge is -2.32. The van der Waals surface area contributed by atoms with Crippen LogP contribution in [0.1, 0.15) is 34.8 Å². The number of amides is 1. The zero-order valence-electron chi connectivity index (χ0n) is 15.4. The summed E-state index contributed by atoms with van der Waals surface area (Å²) in [6.45, 7) is 0.618. The van der Waals surface area contributed by atoms with Gasteiger partial charge in [0.05, 0.1) is 11.9 Å². The standard InChI is InChI=1S/C18H17F2N5O3S/c1-29(27,28)15-9-21-18-22-10-23-25(18)16(15)11-2-4-24(5-3-11)17(26)12-6-13(19)8-14(20)7-12/h6-11H,2-5H2,1H3. The number of carbonyl (C=O) groups is 1. The summed E-state index contributed by atoms with van der Waals surface area (Å²) < 4.78 is 52.8. The number of sulfone groups is 1. The van der Waals surface area contributed by atoms with Gasteiger partial charge in [0.15, 0.2) is 9.84 Å². The fraction of sp³-hybridized carbons (Fsp3) is 0.333. The number of halogens is 2. The molecular formula is C18H17F2N5O3S. The number of likely N-dealkylation sites (tertiary alicyclic amines) is 1. The molecule has 2 aromatic heterocycles. The van der Waals surface area contributed by atoms with Gasteiger partial charge < -0.3 is 4.90 Å². The SMILES string of the molecule is CS(=O)(=O)c1cnc2ncnn2c1C1CCN(C(=O)c2cc(F)cc(F)c2)CC1. The Labute approximate surface area is 165 Å². The molecule has 0 radical (unpaired) electrons. The summed E-state index contributed by atoms with van der Waals surface area (Å²) in [7, 11) is -3.55. The number of benzene rings is 1. The first-order valence-corrected chi connectivity index (χ1v) is 10.8. The number of piperidine rings is 1. The van der Waals surface area contributed by atoms with Crippen molar-refractivity contribution >= 4 is 21.5 Å². The van der Waals surface area contributed by atoms with E-state index >= 15 is 0 Å². The third-order valence-electron chi connectivity index (χ3n) is 4.99. The number of hydrogen-bond acceptors (Lipinski definition) is 6. The smallest absolute Gasteiger partial charge is 0.254 e. The molecular weight excluding hydrogens is 404 g/mol. The third kappa shape index (κ3) is 3.69. The molecule has 1 aliphatic rings. The molecule has 0 spiro atoms. The fourth-order valence-corrected chi connectivity index (χ4v) is 4.53. The average molecular weight is 421 g/mol. The van der Waals surface area contributed by atoms with E-state index in [9.17, 15) is 22.0 Å². The van der Waals surface area contributed by atoms with Crippen LogP contribution in [0.2, 0.25) is 0 Å². The minimum atomic E-state index is -3.55. The van der Waals surface area contributed by atoms with E-state index in [-0.39, 0.29) is 16.4 Å². The van der Waals surface area contributed by atoms with Gasteiger partial charge in [-0.3, -0.25) is 4.79 Å². The van der Waals surface area contributed by atoms with Gasteiger partial charge >= 0.3 is 0 Å². The molecule has 1 aliphatic heterocycles. The molecule has 3 heterocycles. The van der Waals surface area contributed by atoms with E-state index in [1.807, 2.05) is 0 Å². The Morgan fingerprint density at radius 1 is 1.10 bits per heavy atom. The quantitative estimate of drug-likeness (QED) is 0.640. The maximum Gasteiger partial charge on any atom is 0.254 e. The third-order valence-corrected chi connectivity index (χ3v) is 6.10. The van der Waals surface area contributed by atoms with Crippen molar-refractivity contribution in [2.24, 2.45) is 0 Å². The van der Waals surface area contributed by atoms with Crippen molar-refractivity contribution in [3.05, 3.63) is 53.6 Å². The van der Waals surface area contributed by atoms with E-state index in [0.717, 1.165) is 18.4 Å². The van der Waals surface area contributed by atoms with Crippen LogP contribution in [0.3, 0.4) is 0 Å². The van der Waals surface area contributed by atoms with Crippen LogP contribution in [0.15, 0.2) is 35.6 Å². The molecule has 1 fully saturated rings. The molecule has 0 aliphatic carbocycles. The molecule has 0 saturated carbocycles. The van der Waals surface area contributed by atoms with Crippen LogP contribution in [0, 0.1) is 11.6 Å². The van der Waals surface area contributed by atoms with Crippen LogP contribution in [0.5, 0.6) is 0 Å². The van der Waals surface area contributed by atoms with Crippen molar-refractivity contribution in [1.82, 2.24) is 24.5 Å². The van der Waals surface area contributed by atoms with E-state index in [1.54, 1.807) is 0 Å². The zero-order valence-corrected chi connectivity index (χ0v) is 16.2. The highest BCUT2D eigenvalue weighted by Crippen LogP contribution is 2.32. The molecule has 11 heteroatoms. The molecule has 0 atom stereocenters. The molecule has 1 saturated heterocycles. The zero-order chi connectivity index (χ0) is 20.8. The fourth-order valence-electron chi connectivity index (χ4n) is 3.66. The first kappa shape index (κ1) is 19.4. The Morgan fingerprint density at radius 3 is 2.38 bits per heavy atom. The summed E-state index contributed by atoms with van der Waals surface area (Å²) in [5, 5.41) is 4.10. The van der Waals surface area contributed by atoms with Gasteiger partial charge in [0.25, 0.3) is 11.7 Å². The maximum atomic E-state index is 13.4. The minimum absolute atomic E-state index is 0.0552. The number of fused-ring (bicyclic) bond motifs is 1. The number of rotatable bonds is 3. The number of hydrogen-bond donors (Lipinski definition) is 0. The van der Waals surface area contributed by atoms with Crippen LogP contribution in [-0.4, -0.2) is 58.2 Å². The van der Waals surface area contributed by atoms with Crippen molar-refractivity contribution in [2.45, 2.75) is 23.7 Å². The number of aromatic nitrogens is 4. The predicted octanol–water partition coefficient (Wildman–Crippen LogP) is 1.83. The summed E-state index contributed by atoms with van der Waals surface area (Å²) in [6.07, 6.45) is 4.61. The predicted molar refractivity (Wildman–Crippen MR) is 98.1 cm³/mol. The second-order valence-electron chi connectivity index (χ2n) is 6.98. The van der Waals surface area contributed by atoms with Gasteiger partial charge in [-0.05, 0) is 25.0 Å². The highest BCUT2D eigenvalue weighted by Gasteiger charge is 2.31. The molecule has 1 aromatic carbocycles. The van der Waals surface area contributed by atoms with Crippen molar-refractivity contribution < 1.29 is 22.0 Å². The van der Waals surface area contributed by atoms with E-state index in [1.165, 1.54) is 21.9 Å². The van der Waals surface area contributed by atoms with Crippen molar-refractivity contribution in [3.8, 4) is 0 Å². The summed E-state index contributed by atoms with van der Waals surface area (Å²) in [5.74, 6) is -2.00. The van der Waals surface area contributed by atoms with Crippen LogP contribution in [-0.2, 0) is 9.84 Å². The number of nitrogens with zero attached hydrogens (tertiary/aromatic N) is 5. The lowest BCUT2D eigenvalue weighted by molar-refractivity contribution is 0.0710. The highest BCUT2D eigenvalue weighted by atomic mass is 32.2. The summed E-state index contributed by atoms with van der Waals surface area (Å²) in [5.41, 5.74) is 0.430. The molecule has 0 N–H and O–H groups in total.